The van der Waals surface area contributed by atoms with E-state index in [2.05, 4.69) is 57.3 Å². The maximum Gasteiger partial charge on any atom is 0.136 e. The zero-order valence-electron chi connectivity index (χ0n) is 16.5. The summed E-state index contributed by atoms with van der Waals surface area (Å²) >= 11 is 0. The molecule has 0 radical (unpaired) electrons. The van der Waals surface area contributed by atoms with E-state index in [4.69, 9.17) is 9.47 Å². The molecule has 0 aliphatic rings. The first kappa shape index (κ1) is 20.1. The van der Waals surface area contributed by atoms with Crippen LogP contribution in [0.2, 0.25) is 0 Å². The molecule has 0 bridgehead atoms. The van der Waals surface area contributed by atoms with E-state index in [1.165, 1.54) is 0 Å². The SMILES string of the molecule is COc1cc(C#CC#Cc2ccncc2)c(OC)cc1C#CC#Cc1ccncc1. The summed E-state index contributed by atoms with van der Waals surface area (Å²) < 4.78 is 10.9. The molecule has 1 aromatic carbocycles. The topological polar surface area (TPSA) is 44.2 Å². The molecule has 0 unspecified atom stereocenters. The Hall–Kier alpha value is -4.64. The smallest absolute Gasteiger partial charge is 0.136 e. The number of aromatic nitrogens is 2. The minimum Gasteiger partial charge on any atom is -0.495 e. The van der Waals surface area contributed by atoms with Gasteiger partial charge in [0.1, 0.15) is 11.5 Å². The van der Waals surface area contributed by atoms with Crippen LogP contribution in [0.4, 0.5) is 0 Å². The van der Waals surface area contributed by atoms with Crippen molar-refractivity contribution in [1.29, 1.82) is 0 Å². The molecule has 3 rings (SSSR count). The summed E-state index contributed by atoms with van der Waals surface area (Å²) in [5, 5.41) is 0. The van der Waals surface area contributed by atoms with E-state index < -0.39 is 0 Å². The Morgan fingerprint density at radius 1 is 0.567 bits per heavy atom. The predicted octanol–water partition coefficient (Wildman–Crippen LogP) is 3.30. The Bertz CT molecular complexity index is 1170. The Balaban J connectivity index is 1.85. The zero-order chi connectivity index (χ0) is 21.0. The van der Waals surface area contributed by atoms with Gasteiger partial charge in [0, 0.05) is 48.0 Å². The molecule has 0 aliphatic carbocycles. The molecule has 4 nitrogen and oxygen atoms in total. The van der Waals surface area contributed by atoms with Gasteiger partial charge in [0.25, 0.3) is 0 Å². The molecular formula is C26H16N2O2. The highest BCUT2D eigenvalue weighted by atomic mass is 16.5. The summed E-state index contributed by atoms with van der Waals surface area (Å²) in [4.78, 5) is 7.91. The van der Waals surface area contributed by atoms with Crippen molar-refractivity contribution < 1.29 is 9.47 Å². The third kappa shape index (κ3) is 5.68. The van der Waals surface area contributed by atoms with Gasteiger partial charge in [-0.1, -0.05) is 11.8 Å². The normalized spacial score (nSPS) is 8.60. The molecule has 2 aromatic heterocycles. The van der Waals surface area contributed by atoms with E-state index in [1.807, 2.05) is 24.3 Å². The van der Waals surface area contributed by atoms with Gasteiger partial charge in [0.05, 0.1) is 25.3 Å². The molecule has 142 valence electrons. The van der Waals surface area contributed by atoms with Crippen molar-refractivity contribution in [3.8, 4) is 58.9 Å². The van der Waals surface area contributed by atoms with E-state index in [0.717, 1.165) is 11.1 Å². The number of ether oxygens (including phenoxy) is 2. The van der Waals surface area contributed by atoms with Crippen molar-refractivity contribution >= 4 is 0 Å². The first-order chi connectivity index (χ1) is 14.8. The van der Waals surface area contributed by atoms with Crippen LogP contribution in [0.15, 0.2) is 61.2 Å². The quantitative estimate of drug-likeness (QED) is 0.632. The molecule has 0 saturated heterocycles. The van der Waals surface area contributed by atoms with E-state index in [1.54, 1.807) is 51.1 Å². The third-order valence-corrected chi connectivity index (χ3v) is 3.82. The first-order valence-electron chi connectivity index (χ1n) is 8.90. The summed E-state index contributed by atoms with van der Waals surface area (Å²) in [7, 11) is 3.16. The highest BCUT2D eigenvalue weighted by molar-refractivity contribution is 5.60. The van der Waals surface area contributed by atoms with Gasteiger partial charge in [-0.05, 0) is 59.8 Å². The Labute approximate surface area is 176 Å². The molecule has 0 amide bonds. The monoisotopic (exact) mass is 388 g/mol. The van der Waals surface area contributed by atoms with Gasteiger partial charge < -0.3 is 9.47 Å². The molecule has 0 aliphatic heterocycles. The number of hydrogen-bond donors (Lipinski definition) is 0. The highest BCUT2D eigenvalue weighted by Crippen LogP contribution is 2.27. The standard InChI is InChI=1S/C26H16N2O2/c1-29-25-19-24(10-6-4-8-22-13-17-28-18-14-22)26(30-2)20-23(25)9-5-3-7-21-11-15-27-16-12-21/h11-20H,1-2H3. The molecule has 3 aromatic rings. The number of rotatable bonds is 2. The highest BCUT2D eigenvalue weighted by Gasteiger charge is 2.08. The second-order valence-corrected chi connectivity index (χ2v) is 5.72. The minimum absolute atomic E-state index is 0.584. The van der Waals surface area contributed by atoms with Gasteiger partial charge >= 0.3 is 0 Å². The average molecular weight is 388 g/mol. The maximum atomic E-state index is 5.45. The van der Waals surface area contributed by atoms with E-state index in [9.17, 15) is 0 Å². The molecule has 0 N–H and O–H groups in total. The predicted molar refractivity (Wildman–Crippen MR) is 116 cm³/mol. The fraction of sp³-hybridized carbons (Fsp3) is 0.0769. The molecule has 30 heavy (non-hydrogen) atoms. The zero-order valence-corrected chi connectivity index (χ0v) is 16.5. The van der Waals surface area contributed by atoms with Crippen LogP contribution in [0.5, 0.6) is 11.5 Å². The minimum atomic E-state index is 0.584. The van der Waals surface area contributed by atoms with Gasteiger partial charge in [-0.3, -0.25) is 9.97 Å². The van der Waals surface area contributed by atoms with E-state index in [-0.39, 0.29) is 0 Å². The molecule has 0 spiro atoms. The van der Waals surface area contributed by atoms with Gasteiger partial charge in [0.2, 0.25) is 0 Å². The lowest BCUT2D eigenvalue weighted by Crippen LogP contribution is -1.94. The van der Waals surface area contributed by atoms with Crippen LogP contribution in [0.25, 0.3) is 0 Å². The average Bonchev–Trinajstić information content (AvgIpc) is 2.81. The number of benzene rings is 1. The number of pyridine rings is 2. The Kier molecular flexibility index (Phi) is 7.12. The van der Waals surface area contributed by atoms with Crippen LogP contribution in [-0.2, 0) is 0 Å². The fourth-order valence-corrected chi connectivity index (χ4v) is 2.37. The summed E-state index contributed by atoms with van der Waals surface area (Å²) in [6.07, 6.45) is 6.75. The van der Waals surface area contributed by atoms with Crippen molar-refractivity contribution in [1.82, 2.24) is 9.97 Å². The lowest BCUT2D eigenvalue weighted by Gasteiger charge is -2.08. The summed E-state index contributed by atoms with van der Waals surface area (Å²) in [5.41, 5.74) is 3.02. The summed E-state index contributed by atoms with van der Waals surface area (Å²) in [6, 6.07) is 10.8. The van der Waals surface area contributed by atoms with Gasteiger partial charge in [-0.15, -0.1) is 0 Å². The van der Waals surface area contributed by atoms with Crippen LogP contribution in [0, 0.1) is 47.4 Å². The van der Waals surface area contributed by atoms with Gasteiger partial charge in [-0.25, -0.2) is 0 Å². The van der Waals surface area contributed by atoms with Crippen LogP contribution >= 0.6 is 0 Å². The van der Waals surface area contributed by atoms with Gasteiger partial charge in [-0.2, -0.15) is 0 Å². The van der Waals surface area contributed by atoms with Crippen LogP contribution in [-0.4, -0.2) is 24.2 Å². The number of nitrogens with zero attached hydrogens (tertiary/aromatic N) is 2. The van der Waals surface area contributed by atoms with Crippen molar-refractivity contribution in [3.05, 3.63) is 83.4 Å². The molecule has 4 heteroatoms. The van der Waals surface area contributed by atoms with E-state index >= 15 is 0 Å². The Morgan fingerprint density at radius 3 is 1.30 bits per heavy atom. The van der Waals surface area contributed by atoms with Crippen LogP contribution < -0.4 is 9.47 Å². The van der Waals surface area contributed by atoms with Crippen molar-refractivity contribution in [2.75, 3.05) is 14.2 Å². The fourth-order valence-electron chi connectivity index (χ4n) is 2.37. The molecule has 2 heterocycles. The third-order valence-electron chi connectivity index (χ3n) is 3.82. The second kappa shape index (κ2) is 10.6. The van der Waals surface area contributed by atoms with Crippen molar-refractivity contribution in [2.24, 2.45) is 0 Å². The second-order valence-electron chi connectivity index (χ2n) is 5.72. The number of hydrogen-bond acceptors (Lipinski definition) is 4. The lowest BCUT2D eigenvalue weighted by atomic mass is 10.1. The molecule has 0 saturated carbocycles. The van der Waals surface area contributed by atoms with E-state index in [0.29, 0.717) is 22.6 Å². The number of methoxy groups -OCH3 is 2. The largest absolute Gasteiger partial charge is 0.495 e. The van der Waals surface area contributed by atoms with Gasteiger partial charge in [0.15, 0.2) is 0 Å². The molecular weight excluding hydrogens is 372 g/mol. The van der Waals surface area contributed by atoms with Crippen molar-refractivity contribution in [2.45, 2.75) is 0 Å². The van der Waals surface area contributed by atoms with Crippen molar-refractivity contribution in [3.63, 3.8) is 0 Å². The molecule has 0 fully saturated rings. The lowest BCUT2D eigenvalue weighted by molar-refractivity contribution is 0.401. The summed E-state index contributed by atoms with van der Waals surface area (Å²) in [5.74, 6) is 24.4. The maximum absolute atomic E-state index is 5.45. The molecule has 0 atom stereocenters. The van der Waals surface area contributed by atoms with Crippen LogP contribution in [0.3, 0.4) is 0 Å². The summed E-state index contributed by atoms with van der Waals surface area (Å²) in [6.45, 7) is 0. The Morgan fingerprint density at radius 2 is 0.933 bits per heavy atom. The van der Waals surface area contributed by atoms with Crippen LogP contribution in [0.1, 0.15) is 22.3 Å². The first-order valence-corrected chi connectivity index (χ1v) is 8.90.